The minimum Gasteiger partial charge on any atom is -0.508 e. The summed E-state index contributed by atoms with van der Waals surface area (Å²) < 4.78 is 9.00. The molecule has 6 nitrogen and oxygen atoms in total. The van der Waals surface area contributed by atoms with Crippen molar-refractivity contribution in [1.29, 1.82) is 0 Å². The molecule has 0 unspecified atom stereocenters. The zero-order valence-electron chi connectivity index (χ0n) is 9.36. The number of aromatic nitrogens is 4. The van der Waals surface area contributed by atoms with Gasteiger partial charge in [0.1, 0.15) is 10.6 Å². The number of phenolic OH excluding ortho intramolecular Hbond substituents is 1. The lowest BCUT2D eigenvalue weighted by atomic mass is 10.2. The maximum atomic E-state index is 9.22. The van der Waals surface area contributed by atoms with Gasteiger partial charge in [0.05, 0.1) is 5.69 Å². The fraction of sp³-hybridized carbons (Fsp3) is 0.0909. The van der Waals surface area contributed by atoms with E-state index in [0.29, 0.717) is 11.7 Å². The lowest BCUT2D eigenvalue weighted by Gasteiger charge is -1.93. The summed E-state index contributed by atoms with van der Waals surface area (Å²) in [6.45, 7) is 1.84. The molecule has 2 aromatic heterocycles. The van der Waals surface area contributed by atoms with Crippen LogP contribution in [0.5, 0.6) is 5.75 Å². The van der Waals surface area contributed by atoms with E-state index in [-0.39, 0.29) is 5.75 Å². The van der Waals surface area contributed by atoms with Crippen LogP contribution < -0.4 is 0 Å². The first-order valence-corrected chi connectivity index (χ1v) is 5.94. The second-order valence-corrected chi connectivity index (χ2v) is 4.41. The Kier molecular flexibility index (Phi) is 2.52. The number of rotatable bonds is 2. The van der Waals surface area contributed by atoms with Crippen LogP contribution in [0.1, 0.15) is 5.69 Å². The summed E-state index contributed by atoms with van der Waals surface area (Å²) in [5, 5.41) is 17.0. The molecule has 0 bridgehead atoms. The first kappa shape index (κ1) is 10.8. The Hall–Kier alpha value is -2.28. The molecule has 0 saturated carbocycles. The topological polar surface area (TPSA) is 84.9 Å². The average Bonchev–Trinajstić information content (AvgIpc) is 2.98. The van der Waals surface area contributed by atoms with Gasteiger partial charge in [-0.25, -0.2) is 0 Å². The van der Waals surface area contributed by atoms with E-state index >= 15 is 0 Å². The van der Waals surface area contributed by atoms with E-state index in [0.717, 1.165) is 16.1 Å². The Balaban J connectivity index is 1.99. The second kappa shape index (κ2) is 4.19. The predicted octanol–water partition coefficient (Wildman–Crippen LogP) is 2.27. The third kappa shape index (κ3) is 1.84. The van der Waals surface area contributed by atoms with Crippen LogP contribution in [0.25, 0.3) is 22.2 Å². The van der Waals surface area contributed by atoms with Gasteiger partial charge in [-0.1, -0.05) is 9.64 Å². The fourth-order valence-corrected chi connectivity index (χ4v) is 2.05. The highest BCUT2D eigenvalue weighted by Gasteiger charge is 2.15. The molecule has 0 spiro atoms. The summed E-state index contributed by atoms with van der Waals surface area (Å²) in [7, 11) is 0. The number of aryl methyl sites for hydroxylation is 1. The van der Waals surface area contributed by atoms with Crippen molar-refractivity contribution in [3.8, 4) is 27.9 Å². The largest absolute Gasteiger partial charge is 0.508 e. The van der Waals surface area contributed by atoms with Gasteiger partial charge in [0.2, 0.25) is 5.82 Å². The van der Waals surface area contributed by atoms with Gasteiger partial charge in [-0.05, 0) is 42.7 Å². The molecule has 7 heteroatoms. The van der Waals surface area contributed by atoms with E-state index in [1.807, 2.05) is 6.92 Å². The summed E-state index contributed by atoms with van der Waals surface area (Å²) >= 11 is 1.22. The molecule has 0 amide bonds. The zero-order chi connectivity index (χ0) is 12.5. The quantitative estimate of drug-likeness (QED) is 0.760. The van der Waals surface area contributed by atoms with Crippen LogP contribution in [0.4, 0.5) is 0 Å². The maximum absolute atomic E-state index is 9.22. The van der Waals surface area contributed by atoms with Gasteiger partial charge in [0.25, 0.3) is 5.89 Å². The molecule has 0 radical (unpaired) electrons. The molecule has 0 saturated heterocycles. The molecule has 1 aromatic carbocycles. The van der Waals surface area contributed by atoms with E-state index in [4.69, 9.17) is 4.52 Å². The van der Waals surface area contributed by atoms with Crippen LogP contribution in [0, 0.1) is 6.92 Å². The van der Waals surface area contributed by atoms with Crippen LogP contribution in [-0.2, 0) is 0 Å². The SMILES string of the molecule is Cc1nnsc1-c1nc(-c2ccc(O)cc2)no1. The molecule has 90 valence electrons. The van der Waals surface area contributed by atoms with Crippen LogP contribution in [-0.4, -0.2) is 24.8 Å². The van der Waals surface area contributed by atoms with E-state index in [2.05, 4.69) is 19.7 Å². The number of aromatic hydroxyl groups is 1. The second-order valence-electron chi connectivity index (χ2n) is 3.66. The monoisotopic (exact) mass is 260 g/mol. The summed E-state index contributed by atoms with van der Waals surface area (Å²) in [5.74, 6) is 1.08. The van der Waals surface area contributed by atoms with Crippen molar-refractivity contribution in [3.63, 3.8) is 0 Å². The highest BCUT2D eigenvalue weighted by Crippen LogP contribution is 2.26. The molecule has 0 fully saturated rings. The van der Waals surface area contributed by atoms with Crippen LogP contribution >= 0.6 is 11.5 Å². The molecule has 2 heterocycles. The van der Waals surface area contributed by atoms with Crippen molar-refractivity contribution < 1.29 is 9.63 Å². The van der Waals surface area contributed by atoms with Crippen LogP contribution in [0.2, 0.25) is 0 Å². The first-order chi connectivity index (χ1) is 8.74. The number of phenols is 1. The Morgan fingerprint density at radius 3 is 2.67 bits per heavy atom. The van der Waals surface area contributed by atoms with Gasteiger partial charge in [0, 0.05) is 5.56 Å². The summed E-state index contributed by atoms with van der Waals surface area (Å²) in [6, 6.07) is 6.60. The molecule has 3 rings (SSSR count). The highest BCUT2D eigenvalue weighted by molar-refractivity contribution is 7.09. The lowest BCUT2D eigenvalue weighted by molar-refractivity contribution is 0.433. The molecule has 1 N–H and O–H groups in total. The summed E-state index contributed by atoms with van der Waals surface area (Å²) in [6.07, 6.45) is 0. The van der Waals surface area contributed by atoms with Gasteiger partial charge in [-0.15, -0.1) is 5.10 Å². The molecule has 0 aliphatic carbocycles. The van der Waals surface area contributed by atoms with Crippen molar-refractivity contribution in [2.45, 2.75) is 6.92 Å². The van der Waals surface area contributed by atoms with Gasteiger partial charge in [-0.3, -0.25) is 0 Å². The van der Waals surface area contributed by atoms with Crippen LogP contribution in [0.15, 0.2) is 28.8 Å². The predicted molar refractivity (Wildman–Crippen MR) is 65.0 cm³/mol. The minimum atomic E-state index is 0.199. The number of nitrogens with zero attached hydrogens (tertiary/aromatic N) is 4. The van der Waals surface area contributed by atoms with E-state index < -0.39 is 0 Å². The Bertz CT molecular complexity index is 674. The summed E-state index contributed by atoms with van der Waals surface area (Å²) in [5.41, 5.74) is 1.54. The Morgan fingerprint density at radius 2 is 2.00 bits per heavy atom. The number of hydrogen-bond acceptors (Lipinski definition) is 7. The summed E-state index contributed by atoms with van der Waals surface area (Å²) in [4.78, 5) is 5.06. The van der Waals surface area contributed by atoms with Crippen molar-refractivity contribution in [3.05, 3.63) is 30.0 Å². The molecule has 0 atom stereocenters. The standard InChI is InChI=1S/C11H8N4O2S/c1-6-9(18-15-13-6)11-12-10(14-17-11)7-2-4-8(16)5-3-7/h2-5,16H,1H3. The first-order valence-electron chi connectivity index (χ1n) is 5.16. The lowest BCUT2D eigenvalue weighted by Crippen LogP contribution is -1.81. The maximum Gasteiger partial charge on any atom is 0.271 e. The van der Waals surface area contributed by atoms with Crippen molar-refractivity contribution in [2.75, 3.05) is 0 Å². The number of hydrogen-bond donors (Lipinski definition) is 1. The minimum absolute atomic E-state index is 0.199. The Labute approximate surface area is 106 Å². The van der Waals surface area contributed by atoms with Gasteiger partial charge >= 0.3 is 0 Å². The smallest absolute Gasteiger partial charge is 0.271 e. The normalized spacial score (nSPS) is 10.7. The van der Waals surface area contributed by atoms with Crippen molar-refractivity contribution in [2.24, 2.45) is 0 Å². The molecule has 3 aromatic rings. The molecule has 18 heavy (non-hydrogen) atoms. The van der Waals surface area contributed by atoms with Gasteiger partial charge in [-0.2, -0.15) is 4.98 Å². The fourth-order valence-electron chi connectivity index (χ4n) is 1.47. The van der Waals surface area contributed by atoms with E-state index in [1.54, 1.807) is 24.3 Å². The number of benzene rings is 1. The average molecular weight is 260 g/mol. The molecular formula is C11H8N4O2S. The van der Waals surface area contributed by atoms with Crippen molar-refractivity contribution in [1.82, 2.24) is 19.7 Å². The van der Waals surface area contributed by atoms with E-state index in [9.17, 15) is 5.11 Å². The van der Waals surface area contributed by atoms with Crippen molar-refractivity contribution >= 4 is 11.5 Å². The van der Waals surface area contributed by atoms with E-state index in [1.165, 1.54) is 11.5 Å². The van der Waals surface area contributed by atoms with Gasteiger partial charge < -0.3 is 9.63 Å². The zero-order valence-corrected chi connectivity index (χ0v) is 10.2. The highest BCUT2D eigenvalue weighted by atomic mass is 32.1. The molecule has 0 aliphatic rings. The van der Waals surface area contributed by atoms with Crippen LogP contribution in [0.3, 0.4) is 0 Å². The third-order valence-electron chi connectivity index (χ3n) is 2.40. The third-order valence-corrected chi connectivity index (χ3v) is 3.21. The molecular weight excluding hydrogens is 252 g/mol. The van der Waals surface area contributed by atoms with Gasteiger partial charge in [0.15, 0.2) is 0 Å². The molecule has 0 aliphatic heterocycles. The Morgan fingerprint density at radius 1 is 1.22 bits per heavy atom.